The highest BCUT2D eigenvalue weighted by atomic mass is 35.5. The van der Waals surface area contributed by atoms with Crippen LogP contribution in [0.5, 0.6) is 0 Å². The molecule has 1 rings (SSSR count). The lowest BCUT2D eigenvalue weighted by Gasteiger charge is -2.36. The number of piperidine rings is 1. The van der Waals surface area contributed by atoms with Crippen LogP contribution in [0.15, 0.2) is 0 Å². The molecule has 3 nitrogen and oxygen atoms in total. The van der Waals surface area contributed by atoms with Gasteiger partial charge in [0.25, 0.3) is 0 Å². The van der Waals surface area contributed by atoms with E-state index in [1.807, 2.05) is 6.92 Å². The Balaban J connectivity index is 2.54. The number of halogens is 2. The van der Waals surface area contributed by atoms with Gasteiger partial charge in [-0.15, -0.1) is 11.6 Å². The third kappa shape index (κ3) is 3.32. The van der Waals surface area contributed by atoms with Crippen LogP contribution in [-0.2, 0) is 4.79 Å². The van der Waals surface area contributed by atoms with E-state index in [9.17, 15) is 14.3 Å². The normalized spacial score (nSPS) is 27.9. The van der Waals surface area contributed by atoms with Gasteiger partial charge in [0.2, 0.25) is 5.91 Å². The molecule has 1 amide bonds. The molecule has 1 aliphatic rings. The minimum absolute atomic E-state index is 0.0973. The molecule has 1 heterocycles. The molecule has 0 aliphatic carbocycles. The lowest BCUT2D eigenvalue weighted by Crippen LogP contribution is -2.48. The summed E-state index contributed by atoms with van der Waals surface area (Å²) < 4.78 is 12.3. The lowest BCUT2D eigenvalue weighted by molar-refractivity contribution is -0.134. The van der Waals surface area contributed by atoms with Crippen molar-refractivity contribution in [2.45, 2.75) is 37.7 Å². The summed E-state index contributed by atoms with van der Waals surface area (Å²) in [5, 5.41) is 9.16. The zero-order chi connectivity index (χ0) is 12.1. The van der Waals surface area contributed by atoms with Crippen molar-refractivity contribution in [1.29, 1.82) is 0 Å². The minimum Gasteiger partial charge on any atom is -0.393 e. The van der Waals surface area contributed by atoms with Crippen LogP contribution in [0.1, 0.15) is 26.2 Å². The number of amides is 1. The Labute approximate surface area is 101 Å². The van der Waals surface area contributed by atoms with E-state index in [4.69, 9.17) is 11.6 Å². The minimum atomic E-state index is -0.499. The first-order chi connectivity index (χ1) is 7.60. The lowest BCUT2D eigenvalue weighted by atomic mass is 9.92. The molecule has 5 heteroatoms. The second-order valence-electron chi connectivity index (χ2n) is 4.25. The van der Waals surface area contributed by atoms with Crippen molar-refractivity contribution in [1.82, 2.24) is 4.90 Å². The smallest absolute Gasteiger partial charge is 0.240 e. The summed E-state index contributed by atoms with van der Waals surface area (Å²) >= 11 is 5.88. The molecule has 0 aromatic rings. The van der Waals surface area contributed by atoms with Gasteiger partial charge in [-0.2, -0.15) is 0 Å². The average Bonchev–Trinajstić information content (AvgIpc) is 2.30. The van der Waals surface area contributed by atoms with Gasteiger partial charge in [-0.1, -0.05) is 6.92 Å². The zero-order valence-electron chi connectivity index (χ0n) is 9.53. The monoisotopic (exact) mass is 251 g/mol. The molecule has 1 fully saturated rings. The van der Waals surface area contributed by atoms with E-state index < -0.39 is 18.2 Å². The fourth-order valence-electron chi connectivity index (χ4n) is 2.02. The highest BCUT2D eigenvalue weighted by Crippen LogP contribution is 2.22. The van der Waals surface area contributed by atoms with Crippen LogP contribution in [-0.4, -0.2) is 47.2 Å². The van der Waals surface area contributed by atoms with E-state index in [1.54, 1.807) is 4.90 Å². The number of carbonyl (C=O) groups is 1. The van der Waals surface area contributed by atoms with Gasteiger partial charge in [0.15, 0.2) is 0 Å². The molecule has 0 spiro atoms. The molecule has 1 saturated heterocycles. The standard InChI is InChI=1S/C11H19ClFNO2/c1-2-9(12)11(16)14-6-4-10(15)8(7-14)3-5-13/h8-10,15H,2-7H2,1H3/t8-,9-,10-/m0/s1. The predicted octanol–water partition coefficient (Wildman–Crippen LogP) is 1.57. The van der Waals surface area contributed by atoms with Crippen molar-refractivity contribution in [3.8, 4) is 0 Å². The van der Waals surface area contributed by atoms with Gasteiger partial charge in [-0.05, 0) is 19.3 Å². The fourth-order valence-corrected chi connectivity index (χ4v) is 2.15. The van der Waals surface area contributed by atoms with Crippen LogP contribution in [0.4, 0.5) is 4.39 Å². The average molecular weight is 252 g/mol. The molecule has 3 atom stereocenters. The number of alkyl halides is 2. The summed E-state index contributed by atoms with van der Waals surface area (Å²) in [6, 6.07) is 0. The Morgan fingerprint density at radius 1 is 1.69 bits per heavy atom. The molecule has 0 aromatic carbocycles. The van der Waals surface area contributed by atoms with Crippen molar-refractivity contribution in [2.24, 2.45) is 5.92 Å². The first-order valence-corrected chi connectivity index (χ1v) is 6.20. The van der Waals surface area contributed by atoms with Crippen LogP contribution in [0.3, 0.4) is 0 Å². The number of nitrogens with zero attached hydrogens (tertiary/aromatic N) is 1. The summed E-state index contributed by atoms with van der Waals surface area (Å²) in [5.74, 6) is -0.247. The summed E-state index contributed by atoms with van der Waals surface area (Å²) in [5.41, 5.74) is 0. The maximum Gasteiger partial charge on any atom is 0.240 e. The van der Waals surface area contributed by atoms with E-state index in [2.05, 4.69) is 0 Å². The molecule has 1 aliphatic heterocycles. The molecule has 0 unspecified atom stereocenters. The van der Waals surface area contributed by atoms with Crippen LogP contribution < -0.4 is 0 Å². The second-order valence-corrected chi connectivity index (χ2v) is 4.78. The van der Waals surface area contributed by atoms with Gasteiger partial charge in [-0.3, -0.25) is 9.18 Å². The van der Waals surface area contributed by atoms with E-state index in [0.717, 1.165) is 0 Å². The number of rotatable bonds is 4. The maximum atomic E-state index is 12.3. The third-order valence-corrected chi connectivity index (χ3v) is 3.61. The number of aliphatic hydroxyl groups excluding tert-OH is 1. The Hall–Kier alpha value is -0.350. The van der Waals surface area contributed by atoms with Gasteiger partial charge in [0.1, 0.15) is 5.38 Å². The van der Waals surface area contributed by atoms with Crippen LogP contribution in [0.25, 0.3) is 0 Å². The first-order valence-electron chi connectivity index (χ1n) is 5.77. The van der Waals surface area contributed by atoms with Gasteiger partial charge in [0.05, 0.1) is 12.8 Å². The molecular formula is C11H19ClFNO2. The van der Waals surface area contributed by atoms with Crippen molar-refractivity contribution in [3.05, 3.63) is 0 Å². The fraction of sp³-hybridized carbons (Fsp3) is 0.909. The molecule has 0 saturated carbocycles. The molecular weight excluding hydrogens is 233 g/mol. The van der Waals surface area contributed by atoms with Crippen LogP contribution in [0, 0.1) is 5.92 Å². The maximum absolute atomic E-state index is 12.3. The Morgan fingerprint density at radius 2 is 2.38 bits per heavy atom. The third-order valence-electron chi connectivity index (χ3n) is 3.11. The molecule has 0 aromatic heterocycles. The van der Waals surface area contributed by atoms with Gasteiger partial charge >= 0.3 is 0 Å². The molecule has 94 valence electrons. The van der Waals surface area contributed by atoms with Crippen molar-refractivity contribution < 1.29 is 14.3 Å². The number of carbonyl (C=O) groups excluding carboxylic acids is 1. The first kappa shape index (κ1) is 13.7. The van der Waals surface area contributed by atoms with Crippen molar-refractivity contribution in [2.75, 3.05) is 19.8 Å². The van der Waals surface area contributed by atoms with Crippen molar-refractivity contribution in [3.63, 3.8) is 0 Å². The second kappa shape index (κ2) is 6.40. The van der Waals surface area contributed by atoms with Gasteiger partial charge in [0, 0.05) is 19.0 Å². The summed E-state index contributed by atoms with van der Waals surface area (Å²) in [6.07, 6.45) is 0.927. The molecule has 0 bridgehead atoms. The van der Waals surface area contributed by atoms with E-state index in [-0.39, 0.29) is 11.8 Å². The van der Waals surface area contributed by atoms with Crippen LogP contribution >= 0.6 is 11.6 Å². The Morgan fingerprint density at radius 3 is 2.94 bits per heavy atom. The van der Waals surface area contributed by atoms with Gasteiger partial charge < -0.3 is 10.0 Å². The molecule has 0 radical (unpaired) electrons. The molecule has 16 heavy (non-hydrogen) atoms. The quantitative estimate of drug-likeness (QED) is 0.771. The number of aliphatic hydroxyl groups is 1. The summed E-state index contributed by atoms with van der Waals surface area (Å²) in [7, 11) is 0. The van der Waals surface area contributed by atoms with Crippen molar-refractivity contribution >= 4 is 17.5 Å². The van der Waals surface area contributed by atoms with E-state index in [1.165, 1.54) is 0 Å². The Bertz CT molecular complexity index is 240. The Kier molecular flexibility index (Phi) is 5.49. The van der Waals surface area contributed by atoms with E-state index in [0.29, 0.717) is 32.4 Å². The van der Waals surface area contributed by atoms with Crippen LogP contribution in [0.2, 0.25) is 0 Å². The predicted molar refractivity (Wildman–Crippen MR) is 61.2 cm³/mol. The topological polar surface area (TPSA) is 40.5 Å². The number of likely N-dealkylation sites (tertiary alicyclic amines) is 1. The number of hydrogen-bond acceptors (Lipinski definition) is 2. The zero-order valence-corrected chi connectivity index (χ0v) is 10.3. The summed E-state index contributed by atoms with van der Waals surface area (Å²) in [4.78, 5) is 13.5. The molecule has 1 N–H and O–H groups in total. The van der Waals surface area contributed by atoms with E-state index >= 15 is 0 Å². The SMILES string of the molecule is CC[C@H](Cl)C(=O)N1CC[C@H](O)[C@@H](CCF)C1. The highest BCUT2D eigenvalue weighted by molar-refractivity contribution is 6.30. The number of hydrogen-bond donors (Lipinski definition) is 1. The highest BCUT2D eigenvalue weighted by Gasteiger charge is 2.31. The summed E-state index contributed by atoms with van der Waals surface area (Å²) in [6.45, 7) is 2.34. The largest absolute Gasteiger partial charge is 0.393 e. The van der Waals surface area contributed by atoms with Gasteiger partial charge in [-0.25, -0.2) is 0 Å².